The van der Waals surface area contributed by atoms with E-state index in [0.717, 1.165) is 18.2 Å². The van der Waals surface area contributed by atoms with Crippen LogP contribution in [0.3, 0.4) is 0 Å². The van der Waals surface area contributed by atoms with E-state index in [4.69, 9.17) is 4.74 Å². The van der Waals surface area contributed by atoms with Crippen LogP contribution in [0.25, 0.3) is 0 Å². The Hall–Kier alpha value is -1.01. The normalized spacial score (nSPS) is 10.9. The van der Waals surface area contributed by atoms with Gasteiger partial charge >= 0.3 is 0 Å². The van der Waals surface area contributed by atoms with E-state index in [-0.39, 0.29) is 5.91 Å². The zero-order valence-electron chi connectivity index (χ0n) is 11.9. The molecule has 0 saturated heterocycles. The number of aryl methyl sites for hydroxylation is 1. The van der Waals surface area contributed by atoms with Crippen LogP contribution in [0, 0.1) is 5.92 Å². The van der Waals surface area contributed by atoms with E-state index in [2.05, 4.69) is 24.1 Å². The molecule has 0 atom stereocenters. The molecule has 5 nitrogen and oxygen atoms in total. The summed E-state index contributed by atoms with van der Waals surface area (Å²) in [6.07, 6.45) is 4.45. The molecule has 0 aliphatic carbocycles. The van der Waals surface area contributed by atoms with Gasteiger partial charge in [0.15, 0.2) is 5.16 Å². The van der Waals surface area contributed by atoms with Crippen molar-refractivity contribution >= 4 is 17.7 Å². The summed E-state index contributed by atoms with van der Waals surface area (Å²) in [6.45, 7) is 6.39. The Balaban J connectivity index is 2.01. The highest BCUT2D eigenvalue weighted by Crippen LogP contribution is 2.13. The lowest BCUT2D eigenvalue weighted by Crippen LogP contribution is -2.27. The number of aromatic nitrogens is 2. The number of carbonyl (C=O) groups excluding carboxylic acids is 1. The molecule has 1 N–H and O–H groups in total. The minimum atomic E-state index is 0.0388. The first-order valence-electron chi connectivity index (χ1n) is 6.54. The van der Waals surface area contributed by atoms with Crippen molar-refractivity contribution < 1.29 is 9.53 Å². The molecular formula is C13H23N3O2S. The maximum Gasteiger partial charge on any atom is 0.230 e. The second-order valence-electron chi connectivity index (χ2n) is 4.78. The largest absolute Gasteiger partial charge is 0.381 e. The van der Waals surface area contributed by atoms with Gasteiger partial charge in [0.25, 0.3) is 0 Å². The molecule has 6 heteroatoms. The molecule has 0 aliphatic heterocycles. The minimum Gasteiger partial charge on any atom is -0.381 e. The van der Waals surface area contributed by atoms with Crippen LogP contribution in [-0.4, -0.2) is 41.0 Å². The van der Waals surface area contributed by atoms with Crippen molar-refractivity contribution in [3.63, 3.8) is 0 Å². The van der Waals surface area contributed by atoms with E-state index in [1.807, 2.05) is 17.8 Å². The molecule has 0 fully saturated rings. The van der Waals surface area contributed by atoms with Crippen LogP contribution in [0.2, 0.25) is 0 Å². The highest BCUT2D eigenvalue weighted by atomic mass is 32.2. The minimum absolute atomic E-state index is 0.0388. The Bertz CT molecular complexity index is 380. The summed E-state index contributed by atoms with van der Waals surface area (Å²) >= 11 is 1.44. The lowest BCUT2D eigenvalue weighted by molar-refractivity contribution is -0.118. The number of thioether (sulfide) groups is 1. The van der Waals surface area contributed by atoms with Gasteiger partial charge in [0, 0.05) is 39.2 Å². The van der Waals surface area contributed by atoms with Crippen LogP contribution < -0.4 is 5.32 Å². The predicted octanol–water partition coefficient (Wildman–Crippen LogP) is 1.69. The first-order valence-corrected chi connectivity index (χ1v) is 7.52. The first-order chi connectivity index (χ1) is 9.09. The number of hydrogen-bond acceptors (Lipinski definition) is 4. The molecule has 0 bridgehead atoms. The second-order valence-corrected chi connectivity index (χ2v) is 5.72. The van der Waals surface area contributed by atoms with Gasteiger partial charge in [0.2, 0.25) is 5.91 Å². The Labute approximate surface area is 119 Å². The second kappa shape index (κ2) is 8.98. The number of rotatable bonds is 9. The van der Waals surface area contributed by atoms with E-state index < -0.39 is 0 Å². The van der Waals surface area contributed by atoms with E-state index >= 15 is 0 Å². The van der Waals surface area contributed by atoms with Gasteiger partial charge in [-0.1, -0.05) is 25.6 Å². The standard InChI is InChI=1S/C13H23N3O2S/c1-11(2)9-18-8-4-5-14-12(17)10-19-13-15-6-7-16(13)3/h6-7,11H,4-5,8-10H2,1-3H3,(H,14,17). The Morgan fingerprint density at radius 1 is 1.58 bits per heavy atom. The molecule has 19 heavy (non-hydrogen) atoms. The summed E-state index contributed by atoms with van der Waals surface area (Å²) in [7, 11) is 1.92. The van der Waals surface area contributed by atoms with E-state index in [1.54, 1.807) is 6.20 Å². The van der Waals surface area contributed by atoms with Crippen molar-refractivity contribution in [3.05, 3.63) is 12.4 Å². The summed E-state index contributed by atoms with van der Waals surface area (Å²) in [6, 6.07) is 0. The number of imidazole rings is 1. The summed E-state index contributed by atoms with van der Waals surface area (Å²) in [5.41, 5.74) is 0. The van der Waals surface area contributed by atoms with Crippen LogP contribution in [-0.2, 0) is 16.6 Å². The molecule has 0 aliphatic rings. The summed E-state index contributed by atoms with van der Waals surface area (Å²) < 4.78 is 7.34. The molecule has 1 amide bonds. The van der Waals surface area contributed by atoms with Crippen molar-refractivity contribution in [2.24, 2.45) is 13.0 Å². The quantitative estimate of drug-likeness (QED) is 0.554. The van der Waals surface area contributed by atoms with Gasteiger partial charge in [-0.3, -0.25) is 4.79 Å². The summed E-state index contributed by atoms with van der Waals surface area (Å²) in [5.74, 6) is 0.998. The first kappa shape index (κ1) is 16.0. The maximum absolute atomic E-state index is 11.6. The van der Waals surface area contributed by atoms with Gasteiger partial charge < -0.3 is 14.6 Å². The third-order valence-electron chi connectivity index (χ3n) is 2.35. The van der Waals surface area contributed by atoms with Gasteiger partial charge in [-0.25, -0.2) is 4.98 Å². The van der Waals surface area contributed by atoms with Gasteiger partial charge in [0.05, 0.1) is 5.75 Å². The Morgan fingerprint density at radius 2 is 2.37 bits per heavy atom. The molecule has 1 rings (SSSR count). The third-order valence-corrected chi connectivity index (χ3v) is 3.41. The number of ether oxygens (including phenoxy) is 1. The molecular weight excluding hydrogens is 262 g/mol. The molecule has 0 radical (unpaired) electrons. The van der Waals surface area contributed by atoms with E-state index in [1.165, 1.54) is 11.8 Å². The molecule has 108 valence electrons. The average Bonchev–Trinajstić information content (AvgIpc) is 2.76. The van der Waals surface area contributed by atoms with Crippen molar-refractivity contribution in [2.75, 3.05) is 25.5 Å². The summed E-state index contributed by atoms with van der Waals surface area (Å²) in [5, 5.41) is 3.73. The lowest BCUT2D eigenvalue weighted by Gasteiger charge is -2.07. The smallest absolute Gasteiger partial charge is 0.230 e. The highest BCUT2D eigenvalue weighted by Gasteiger charge is 2.05. The number of hydrogen-bond donors (Lipinski definition) is 1. The average molecular weight is 285 g/mol. The molecule has 0 unspecified atom stereocenters. The Morgan fingerprint density at radius 3 is 3.00 bits per heavy atom. The Kier molecular flexibility index (Phi) is 7.59. The van der Waals surface area contributed by atoms with Crippen molar-refractivity contribution in [1.29, 1.82) is 0 Å². The monoisotopic (exact) mass is 285 g/mol. The number of nitrogens with one attached hydrogen (secondary N) is 1. The lowest BCUT2D eigenvalue weighted by atomic mass is 10.2. The van der Waals surface area contributed by atoms with Crippen LogP contribution in [0.4, 0.5) is 0 Å². The summed E-state index contributed by atoms with van der Waals surface area (Å²) in [4.78, 5) is 15.7. The fourth-order valence-corrected chi connectivity index (χ4v) is 2.16. The van der Waals surface area contributed by atoms with Gasteiger partial charge in [0.1, 0.15) is 0 Å². The van der Waals surface area contributed by atoms with Crippen molar-refractivity contribution in [1.82, 2.24) is 14.9 Å². The van der Waals surface area contributed by atoms with Crippen molar-refractivity contribution in [2.45, 2.75) is 25.4 Å². The highest BCUT2D eigenvalue weighted by molar-refractivity contribution is 7.99. The maximum atomic E-state index is 11.6. The molecule has 1 heterocycles. The van der Waals surface area contributed by atoms with Crippen LogP contribution in [0.5, 0.6) is 0 Å². The zero-order chi connectivity index (χ0) is 14.1. The predicted molar refractivity (Wildman–Crippen MR) is 77.2 cm³/mol. The van der Waals surface area contributed by atoms with Gasteiger partial charge in [-0.2, -0.15) is 0 Å². The van der Waals surface area contributed by atoms with E-state index in [9.17, 15) is 4.79 Å². The third kappa shape index (κ3) is 7.22. The molecule has 0 spiro atoms. The molecule has 0 aromatic carbocycles. The van der Waals surface area contributed by atoms with Crippen LogP contribution in [0.1, 0.15) is 20.3 Å². The number of carbonyl (C=O) groups is 1. The topological polar surface area (TPSA) is 56.1 Å². The number of nitrogens with zero attached hydrogens (tertiary/aromatic N) is 2. The van der Waals surface area contributed by atoms with Crippen LogP contribution >= 0.6 is 11.8 Å². The fraction of sp³-hybridized carbons (Fsp3) is 0.692. The van der Waals surface area contributed by atoms with Crippen molar-refractivity contribution in [3.8, 4) is 0 Å². The van der Waals surface area contributed by atoms with Crippen LogP contribution in [0.15, 0.2) is 17.6 Å². The molecule has 0 saturated carbocycles. The van der Waals surface area contributed by atoms with E-state index in [0.29, 0.717) is 24.8 Å². The van der Waals surface area contributed by atoms with Gasteiger partial charge in [-0.15, -0.1) is 0 Å². The number of amides is 1. The molecule has 1 aromatic heterocycles. The SMILES string of the molecule is CC(C)COCCCNC(=O)CSc1nccn1C. The fourth-order valence-electron chi connectivity index (χ4n) is 1.39. The molecule has 1 aromatic rings. The zero-order valence-corrected chi connectivity index (χ0v) is 12.7. The van der Waals surface area contributed by atoms with Gasteiger partial charge in [-0.05, 0) is 12.3 Å².